The van der Waals surface area contributed by atoms with Crippen LogP contribution < -0.4 is 5.32 Å². The first kappa shape index (κ1) is 5.16. The molecule has 49 valence electrons. The summed E-state index contributed by atoms with van der Waals surface area (Å²) in [5, 5.41) is 12.8. The largest absolute Gasteiger partial charge is 0.492 e. The van der Waals surface area contributed by atoms with Gasteiger partial charge in [-0.1, -0.05) is 0 Å². The predicted octanol–water partition coefficient (Wildman–Crippen LogP) is -0.200. The number of aliphatic hydroxyl groups excluding tert-OH is 1. The molecule has 0 aliphatic carbocycles. The first-order valence-corrected chi connectivity index (χ1v) is 2.65. The van der Waals surface area contributed by atoms with Crippen LogP contribution in [-0.2, 0) is 0 Å². The number of hydrogen-bond acceptors (Lipinski definition) is 4. The van der Waals surface area contributed by atoms with Crippen molar-refractivity contribution in [3.63, 3.8) is 0 Å². The Hall–Kier alpha value is -1.65. The Kier molecular flexibility index (Phi) is 0.858. The molecule has 0 aromatic heterocycles. The molecule has 2 heterocycles. The summed E-state index contributed by atoms with van der Waals surface area (Å²) in [5.41, 5.74) is 0.350. The van der Waals surface area contributed by atoms with Gasteiger partial charge in [0.1, 0.15) is 12.7 Å². The van der Waals surface area contributed by atoms with Crippen molar-refractivity contribution in [1.29, 1.82) is 0 Å². The van der Waals surface area contributed by atoms with Crippen molar-refractivity contribution in [1.82, 2.24) is 5.32 Å². The minimum Gasteiger partial charge on any atom is -0.492 e. The third-order valence-electron chi connectivity index (χ3n) is 1.15. The molecule has 0 aromatic carbocycles. The highest BCUT2D eigenvalue weighted by Crippen LogP contribution is 2.12. The van der Waals surface area contributed by atoms with Gasteiger partial charge in [-0.3, -0.25) is 0 Å². The van der Waals surface area contributed by atoms with Gasteiger partial charge in [-0.25, -0.2) is 15.3 Å². The summed E-state index contributed by atoms with van der Waals surface area (Å²) in [4.78, 5) is 11.0. The average molecular weight is 135 g/mol. The second-order valence-electron chi connectivity index (χ2n) is 1.74. The van der Waals surface area contributed by atoms with E-state index in [0.29, 0.717) is 11.5 Å². The maximum Gasteiger partial charge on any atom is 0.243 e. The van der Waals surface area contributed by atoms with E-state index in [1.54, 1.807) is 0 Å². The highest BCUT2D eigenvalue weighted by molar-refractivity contribution is 6.11. The molecule has 1 N–H and O–H groups in total. The minimum absolute atomic E-state index is 0.123. The number of rotatable bonds is 0. The third kappa shape index (κ3) is 0.540. The highest BCUT2D eigenvalue weighted by Gasteiger charge is 2.18. The van der Waals surface area contributed by atoms with Crippen molar-refractivity contribution in [3.8, 4) is 0 Å². The lowest BCUT2D eigenvalue weighted by Crippen LogP contribution is -2.18. The molecule has 5 heteroatoms. The van der Waals surface area contributed by atoms with E-state index in [0.717, 1.165) is 0 Å². The average Bonchev–Trinajstić information content (AvgIpc) is 2.36. The van der Waals surface area contributed by atoms with Gasteiger partial charge >= 0.3 is 0 Å². The van der Waals surface area contributed by atoms with Crippen molar-refractivity contribution in [2.24, 2.45) is 15.0 Å². The molecule has 0 fully saturated rings. The summed E-state index contributed by atoms with van der Waals surface area (Å²) in [7, 11) is 0. The summed E-state index contributed by atoms with van der Waals surface area (Å²) >= 11 is 0. The smallest absolute Gasteiger partial charge is 0.243 e. The number of nitrogens with zero attached hydrogens (tertiary/aromatic N) is 4. The van der Waals surface area contributed by atoms with Crippen LogP contribution >= 0.6 is 0 Å². The minimum atomic E-state index is -0.123. The molecular weight excluding hydrogens is 132 g/mol. The van der Waals surface area contributed by atoms with Crippen LogP contribution in [0.5, 0.6) is 0 Å². The van der Waals surface area contributed by atoms with Crippen LogP contribution in [0.15, 0.2) is 26.6 Å². The Morgan fingerprint density at radius 1 is 1.20 bits per heavy atom. The van der Waals surface area contributed by atoms with Crippen LogP contribution in [0, 0.1) is 0 Å². The molecule has 2 rings (SSSR count). The lowest BCUT2D eigenvalue weighted by atomic mass is 10.4. The van der Waals surface area contributed by atoms with E-state index in [2.05, 4.69) is 20.3 Å². The van der Waals surface area contributed by atoms with Crippen LogP contribution in [0.3, 0.4) is 0 Å². The Balaban J connectivity index is 2.53. The quantitative estimate of drug-likeness (QED) is 0.490. The van der Waals surface area contributed by atoms with Crippen LogP contribution in [0.1, 0.15) is 0 Å². The maximum atomic E-state index is 9.01. The third-order valence-corrected chi connectivity index (χ3v) is 1.15. The fourth-order valence-corrected chi connectivity index (χ4v) is 0.712. The Morgan fingerprint density at radius 2 is 2.10 bits per heavy atom. The van der Waals surface area contributed by atoms with E-state index < -0.39 is 0 Å². The molecule has 0 aromatic rings. The van der Waals surface area contributed by atoms with Crippen molar-refractivity contribution in [2.75, 3.05) is 0 Å². The fourth-order valence-electron chi connectivity index (χ4n) is 0.712. The van der Waals surface area contributed by atoms with Crippen molar-refractivity contribution >= 4 is 18.5 Å². The topological polar surface area (TPSA) is 71.4 Å². The highest BCUT2D eigenvalue weighted by atomic mass is 16.3. The standard InChI is InChI=1S/C5H3N4O/c10-5-3-4(7-1-6-3)8-2-9-5/h1-2,10H. The van der Waals surface area contributed by atoms with Crippen LogP contribution in [-0.4, -0.2) is 23.6 Å². The van der Waals surface area contributed by atoms with E-state index in [-0.39, 0.29) is 5.88 Å². The summed E-state index contributed by atoms with van der Waals surface area (Å²) in [5.74, 6) is 0.301. The van der Waals surface area contributed by atoms with Gasteiger partial charge in [-0.05, 0) is 0 Å². The summed E-state index contributed by atoms with van der Waals surface area (Å²) < 4.78 is 0. The molecule has 10 heavy (non-hydrogen) atoms. The molecule has 0 spiro atoms. The van der Waals surface area contributed by atoms with Gasteiger partial charge < -0.3 is 5.11 Å². The molecular formula is C5H3N4O. The zero-order valence-corrected chi connectivity index (χ0v) is 4.89. The first-order valence-electron chi connectivity index (χ1n) is 2.65. The molecule has 2 aliphatic rings. The van der Waals surface area contributed by atoms with Gasteiger partial charge in [0.15, 0.2) is 11.5 Å². The number of fused-ring (bicyclic) bond motifs is 1. The van der Waals surface area contributed by atoms with E-state index in [9.17, 15) is 0 Å². The molecule has 0 amide bonds. The number of aliphatic imine (C=N–C) groups is 3. The van der Waals surface area contributed by atoms with E-state index >= 15 is 0 Å². The zero-order chi connectivity index (χ0) is 6.97. The number of aliphatic hydroxyl groups is 1. The van der Waals surface area contributed by atoms with Gasteiger partial charge in [-0.2, -0.15) is 4.99 Å². The van der Waals surface area contributed by atoms with Gasteiger partial charge in [0.05, 0.1) is 0 Å². The molecule has 0 unspecified atom stereocenters. The summed E-state index contributed by atoms with van der Waals surface area (Å²) in [6.45, 7) is 0. The summed E-state index contributed by atoms with van der Waals surface area (Å²) in [6.07, 6.45) is 2.57. The van der Waals surface area contributed by atoms with Crippen molar-refractivity contribution in [2.45, 2.75) is 0 Å². The number of amidine groups is 1. The zero-order valence-electron chi connectivity index (χ0n) is 4.89. The molecule has 0 atom stereocenters. The molecule has 1 radical (unpaired) electrons. The molecule has 0 saturated carbocycles. The van der Waals surface area contributed by atoms with E-state index in [1.165, 1.54) is 12.7 Å². The second kappa shape index (κ2) is 1.66. The van der Waals surface area contributed by atoms with Crippen LogP contribution in [0.4, 0.5) is 0 Å². The van der Waals surface area contributed by atoms with Crippen molar-refractivity contribution in [3.05, 3.63) is 11.6 Å². The second-order valence-corrected chi connectivity index (χ2v) is 1.74. The molecule has 0 bridgehead atoms. The Bertz CT molecular complexity index is 286. The number of hydrogen-bond donors (Lipinski definition) is 1. The molecule has 2 aliphatic heterocycles. The predicted molar refractivity (Wildman–Crippen MR) is 36.2 cm³/mol. The molecule has 5 nitrogen and oxygen atoms in total. The lowest BCUT2D eigenvalue weighted by molar-refractivity contribution is 0.401. The van der Waals surface area contributed by atoms with Gasteiger partial charge in [-0.15, -0.1) is 0 Å². The van der Waals surface area contributed by atoms with E-state index in [1.807, 2.05) is 0 Å². The van der Waals surface area contributed by atoms with Gasteiger partial charge in [0.25, 0.3) is 0 Å². The summed E-state index contributed by atoms with van der Waals surface area (Å²) in [6, 6.07) is 0. The monoisotopic (exact) mass is 135 g/mol. The normalized spacial score (nSPS) is 20.6. The van der Waals surface area contributed by atoms with Crippen LogP contribution in [0.25, 0.3) is 0 Å². The Labute approximate surface area is 56.5 Å². The Morgan fingerprint density at radius 3 is 2.90 bits per heavy atom. The maximum absolute atomic E-state index is 9.01. The van der Waals surface area contributed by atoms with Gasteiger partial charge in [0.2, 0.25) is 5.88 Å². The van der Waals surface area contributed by atoms with E-state index in [4.69, 9.17) is 5.11 Å². The SMILES string of the molecule is OC1=C2N=CN=C2[N]C=N1. The van der Waals surface area contributed by atoms with Crippen LogP contribution in [0.2, 0.25) is 0 Å². The van der Waals surface area contributed by atoms with Crippen molar-refractivity contribution < 1.29 is 5.11 Å². The van der Waals surface area contributed by atoms with Gasteiger partial charge in [0, 0.05) is 0 Å². The fraction of sp³-hybridized carbons (Fsp3) is 0. The lowest BCUT2D eigenvalue weighted by Gasteiger charge is -2.02. The first-order chi connectivity index (χ1) is 4.88. The molecule has 0 saturated heterocycles.